The van der Waals surface area contributed by atoms with Crippen molar-refractivity contribution in [2.45, 2.75) is 78.6 Å². The first kappa shape index (κ1) is 16.3. The third-order valence-electron chi connectivity index (χ3n) is 3.57. The molecule has 0 fully saturated rings. The molecule has 0 saturated heterocycles. The summed E-state index contributed by atoms with van der Waals surface area (Å²) in [5, 5.41) is 0. The van der Waals surface area contributed by atoms with Crippen molar-refractivity contribution in [1.29, 1.82) is 0 Å². The van der Waals surface area contributed by atoms with E-state index in [4.69, 9.17) is 11.6 Å². The molecule has 0 aliphatic carbocycles. The zero-order valence-electron chi connectivity index (χ0n) is 11.6. The Morgan fingerprint density at radius 3 is 1.75 bits per heavy atom. The normalized spacial score (nSPS) is 13.3. The van der Waals surface area contributed by atoms with Crippen molar-refractivity contribution in [2.24, 2.45) is 11.8 Å². The smallest absolute Gasteiger partial charge is 0.0254 e. The van der Waals surface area contributed by atoms with Crippen molar-refractivity contribution >= 4 is 11.6 Å². The molecule has 98 valence electrons. The molecule has 0 aromatic rings. The fraction of sp³-hybridized carbons (Fsp3) is 1.00. The van der Waals surface area contributed by atoms with Gasteiger partial charge in [0.25, 0.3) is 0 Å². The maximum Gasteiger partial charge on any atom is 0.0254 e. The van der Waals surface area contributed by atoms with Gasteiger partial charge in [0, 0.05) is 5.88 Å². The number of hydrogen-bond donors (Lipinski definition) is 0. The van der Waals surface area contributed by atoms with Crippen LogP contribution in [0.15, 0.2) is 0 Å². The molecular formula is C15H31Cl. The maximum absolute atomic E-state index is 5.96. The highest BCUT2D eigenvalue weighted by molar-refractivity contribution is 6.18. The molecule has 0 radical (unpaired) electrons. The molecule has 0 N–H and O–H groups in total. The lowest BCUT2D eigenvalue weighted by Crippen LogP contribution is -2.10. The Kier molecular flexibility index (Phi) is 12.0. The van der Waals surface area contributed by atoms with E-state index in [0.29, 0.717) is 0 Å². The molecule has 0 heterocycles. The number of alkyl halides is 1. The molecular weight excluding hydrogens is 216 g/mol. The van der Waals surface area contributed by atoms with Crippen LogP contribution in [-0.2, 0) is 0 Å². The van der Waals surface area contributed by atoms with Gasteiger partial charge in [-0.25, -0.2) is 0 Å². The molecule has 0 aliphatic rings. The minimum Gasteiger partial charge on any atom is -0.126 e. The Bertz CT molecular complexity index is 131. The molecule has 1 heteroatoms. The van der Waals surface area contributed by atoms with Gasteiger partial charge in [0.2, 0.25) is 0 Å². The van der Waals surface area contributed by atoms with Gasteiger partial charge in [-0.3, -0.25) is 0 Å². The van der Waals surface area contributed by atoms with Gasteiger partial charge in [0.15, 0.2) is 0 Å². The zero-order valence-corrected chi connectivity index (χ0v) is 12.4. The second kappa shape index (κ2) is 11.8. The quantitative estimate of drug-likeness (QED) is 0.309. The molecule has 0 bridgehead atoms. The van der Waals surface area contributed by atoms with Gasteiger partial charge in [-0.1, -0.05) is 72.1 Å². The van der Waals surface area contributed by atoms with E-state index in [-0.39, 0.29) is 0 Å². The molecule has 0 aliphatic heterocycles. The maximum atomic E-state index is 5.96. The minimum atomic E-state index is 0.738. The van der Waals surface area contributed by atoms with Crippen molar-refractivity contribution in [3.63, 3.8) is 0 Å². The topological polar surface area (TPSA) is 0 Å². The number of unbranched alkanes of at least 4 members (excludes halogenated alkanes) is 7. The van der Waals surface area contributed by atoms with Gasteiger partial charge in [0.05, 0.1) is 0 Å². The van der Waals surface area contributed by atoms with E-state index in [0.717, 1.165) is 17.7 Å². The van der Waals surface area contributed by atoms with Crippen LogP contribution < -0.4 is 0 Å². The van der Waals surface area contributed by atoms with Crippen LogP contribution in [0, 0.1) is 11.8 Å². The summed E-state index contributed by atoms with van der Waals surface area (Å²) in [5.74, 6) is 2.33. The van der Waals surface area contributed by atoms with Crippen molar-refractivity contribution in [3.05, 3.63) is 0 Å². The summed E-state index contributed by atoms with van der Waals surface area (Å²) >= 11 is 5.96. The molecule has 0 amide bonds. The van der Waals surface area contributed by atoms with Gasteiger partial charge in [-0.15, -0.1) is 11.6 Å². The first-order valence-electron chi connectivity index (χ1n) is 7.28. The number of halogens is 1. The summed E-state index contributed by atoms with van der Waals surface area (Å²) in [7, 11) is 0. The van der Waals surface area contributed by atoms with Crippen LogP contribution in [0.1, 0.15) is 78.6 Å². The minimum absolute atomic E-state index is 0.738. The molecule has 1 atom stereocenters. The average molecular weight is 247 g/mol. The van der Waals surface area contributed by atoms with Gasteiger partial charge < -0.3 is 0 Å². The summed E-state index contributed by atoms with van der Waals surface area (Å²) in [4.78, 5) is 0. The van der Waals surface area contributed by atoms with Crippen molar-refractivity contribution < 1.29 is 0 Å². The van der Waals surface area contributed by atoms with E-state index in [2.05, 4.69) is 20.8 Å². The molecule has 1 unspecified atom stereocenters. The van der Waals surface area contributed by atoms with Crippen LogP contribution in [0.25, 0.3) is 0 Å². The third-order valence-corrected chi connectivity index (χ3v) is 3.97. The lowest BCUT2D eigenvalue weighted by Gasteiger charge is -2.17. The summed E-state index contributed by atoms with van der Waals surface area (Å²) < 4.78 is 0. The molecule has 16 heavy (non-hydrogen) atoms. The van der Waals surface area contributed by atoms with E-state index in [1.807, 2.05) is 0 Å². The average Bonchev–Trinajstić information content (AvgIpc) is 2.26. The molecule has 0 aromatic carbocycles. The predicted octanol–water partition coefficient (Wildman–Crippen LogP) is 6.03. The van der Waals surface area contributed by atoms with Crippen molar-refractivity contribution in [2.75, 3.05) is 5.88 Å². The van der Waals surface area contributed by atoms with Crippen LogP contribution in [-0.4, -0.2) is 5.88 Å². The monoisotopic (exact) mass is 246 g/mol. The standard InChI is InChI=1S/C15H31Cl/c1-4-5-6-7-8-9-10-11-12-15(13-16)14(2)3/h14-15H,4-13H2,1-3H3. The number of hydrogen-bond acceptors (Lipinski definition) is 0. The molecule has 0 nitrogen and oxygen atoms in total. The van der Waals surface area contributed by atoms with E-state index in [1.54, 1.807) is 0 Å². The van der Waals surface area contributed by atoms with Gasteiger partial charge in [-0.05, 0) is 18.3 Å². The van der Waals surface area contributed by atoms with Crippen LogP contribution >= 0.6 is 11.6 Å². The summed E-state index contributed by atoms with van der Waals surface area (Å²) in [6, 6.07) is 0. The predicted molar refractivity (Wildman–Crippen MR) is 76.3 cm³/mol. The fourth-order valence-corrected chi connectivity index (χ4v) is 2.64. The van der Waals surface area contributed by atoms with E-state index in [1.165, 1.54) is 57.8 Å². The van der Waals surface area contributed by atoms with E-state index in [9.17, 15) is 0 Å². The highest BCUT2D eigenvalue weighted by atomic mass is 35.5. The van der Waals surface area contributed by atoms with Crippen LogP contribution in [0.3, 0.4) is 0 Å². The Balaban J connectivity index is 3.19. The lowest BCUT2D eigenvalue weighted by atomic mass is 9.92. The van der Waals surface area contributed by atoms with Gasteiger partial charge in [0.1, 0.15) is 0 Å². The van der Waals surface area contributed by atoms with Gasteiger partial charge in [-0.2, -0.15) is 0 Å². The van der Waals surface area contributed by atoms with E-state index >= 15 is 0 Å². The fourth-order valence-electron chi connectivity index (χ4n) is 2.13. The molecule has 0 saturated carbocycles. The highest BCUT2D eigenvalue weighted by Gasteiger charge is 2.10. The Morgan fingerprint density at radius 1 is 0.812 bits per heavy atom. The Hall–Kier alpha value is 0.290. The molecule has 0 rings (SSSR count). The molecule has 0 aromatic heterocycles. The summed E-state index contributed by atoms with van der Waals surface area (Å²) in [6.45, 7) is 6.85. The lowest BCUT2D eigenvalue weighted by molar-refractivity contribution is 0.378. The summed E-state index contributed by atoms with van der Waals surface area (Å²) in [5.41, 5.74) is 0. The highest BCUT2D eigenvalue weighted by Crippen LogP contribution is 2.20. The Morgan fingerprint density at radius 2 is 1.31 bits per heavy atom. The third kappa shape index (κ3) is 9.51. The van der Waals surface area contributed by atoms with Crippen LogP contribution in [0.4, 0.5) is 0 Å². The summed E-state index contributed by atoms with van der Waals surface area (Å²) in [6.07, 6.45) is 12.6. The Labute approximate surface area is 108 Å². The van der Waals surface area contributed by atoms with Crippen molar-refractivity contribution in [1.82, 2.24) is 0 Å². The van der Waals surface area contributed by atoms with Crippen LogP contribution in [0.2, 0.25) is 0 Å². The molecule has 0 spiro atoms. The van der Waals surface area contributed by atoms with Crippen LogP contribution in [0.5, 0.6) is 0 Å². The first-order chi connectivity index (χ1) is 7.72. The van der Waals surface area contributed by atoms with E-state index < -0.39 is 0 Å². The largest absolute Gasteiger partial charge is 0.126 e. The zero-order chi connectivity index (χ0) is 12.2. The second-order valence-corrected chi connectivity index (χ2v) is 5.73. The first-order valence-corrected chi connectivity index (χ1v) is 7.81. The van der Waals surface area contributed by atoms with Gasteiger partial charge >= 0.3 is 0 Å². The second-order valence-electron chi connectivity index (χ2n) is 5.42. The van der Waals surface area contributed by atoms with Crippen molar-refractivity contribution in [3.8, 4) is 0 Å². The SMILES string of the molecule is CCCCCCCCCCC(CCl)C(C)C. The number of rotatable bonds is 11.